The van der Waals surface area contributed by atoms with Crippen molar-refractivity contribution < 1.29 is 23.5 Å². The molecule has 2 N–H and O–H groups in total. The second-order valence-corrected chi connectivity index (χ2v) is 7.16. The van der Waals surface area contributed by atoms with Gasteiger partial charge < -0.3 is 24.5 Å². The van der Waals surface area contributed by atoms with E-state index >= 15 is 0 Å². The van der Waals surface area contributed by atoms with Crippen LogP contribution in [0.15, 0.2) is 77.0 Å². The number of amides is 2. The number of carbonyl (C=O) groups excluding carboxylic acids is 2. The summed E-state index contributed by atoms with van der Waals surface area (Å²) in [4.78, 5) is 25.8. The fraction of sp³-hybridized carbons (Fsp3) is 0.231. The molecule has 1 aromatic heterocycles. The van der Waals surface area contributed by atoms with Gasteiger partial charge in [-0.1, -0.05) is 24.3 Å². The highest BCUT2D eigenvalue weighted by Gasteiger charge is 2.19. The standard InChI is InChI=1S/C26H28N2O5/c1-4-31-23-14-13-20(16-24(23)32-5-2)18(3)27-26(30)22(17-21-12-9-15-33-21)28-25(29)19-10-7-6-8-11-19/h6-18H,4-5H2,1-3H3,(H,27,30)(H,28,29)/b22-17-. The van der Waals surface area contributed by atoms with Crippen molar-refractivity contribution in [2.24, 2.45) is 0 Å². The summed E-state index contributed by atoms with van der Waals surface area (Å²) in [6.07, 6.45) is 2.99. The Bertz CT molecular complexity index is 1090. The molecule has 1 heterocycles. The molecule has 0 aliphatic heterocycles. The summed E-state index contributed by atoms with van der Waals surface area (Å²) < 4.78 is 16.6. The van der Waals surface area contributed by atoms with Crippen molar-refractivity contribution in [3.05, 3.63) is 89.5 Å². The summed E-state index contributed by atoms with van der Waals surface area (Å²) in [5, 5.41) is 5.62. The zero-order chi connectivity index (χ0) is 23.6. The Morgan fingerprint density at radius 2 is 1.70 bits per heavy atom. The summed E-state index contributed by atoms with van der Waals surface area (Å²) in [6.45, 7) is 6.67. The molecule has 7 heteroatoms. The molecule has 7 nitrogen and oxygen atoms in total. The molecule has 0 spiro atoms. The van der Waals surface area contributed by atoms with Gasteiger partial charge in [0.15, 0.2) is 11.5 Å². The first-order chi connectivity index (χ1) is 16.0. The van der Waals surface area contributed by atoms with Crippen molar-refractivity contribution in [3.8, 4) is 11.5 Å². The van der Waals surface area contributed by atoms with Crippen LogP contribution in [0, 0.1) is 0 Å². The van der Waals surface area contributed by atoms with Gasteiger partial charge in [-0.05, 0) is 62.7 Å². The molecule has 1 atom stereocenters. The summed E-state index contributed by atoms with van der Waals surface area (Å²) >= 11 is 0. The average molecular weight is 449 g/mol. The fourth-order valence-electron chi connectivity index (χ4n) is 3.15. The van der Waals surface area contributed by atoms with Crippen LogP contribution in [0.4, 0.5) is 0 Å². The quantitative estimate of drug-likeness (QED) is 0.438. The number of rotatable bonds is 10. The van der Waals surface area contributed by atoms with Crippen molar-refractivity contribution in [3.63, 3.8) is 0 Å². The highest BCUT2D eigenvalue weighted by molar-refractivity contribution is 6.05. The molecule has 1 unspecified atom stereocenters. The van der Waals surface area contributed by atoms with Gasteiger partial charge in [-0.25, -0.2) is 0 Å². The highest BCUT2D eigenvalue weighted by atomic mass is 16.5. The van der Waals surface area contributed by atoms with Gasteiger partial charge in [0.2, 0.25) is 0 Å². The minimum absolute atomic E-state index is 0.0709. The minimum atomic E-state index is -0.449. The largest absolute Gasteiger partial charge is 0.490 e. The lowest BCUT2D eigenvalue weighted by Gasteiger charge is -2.18. The molecule has 33 heavy (non-hydrogen) atoms. The molecule has 0 radical (unpaired) electrons. The molecule has 2 amide bonds. The molecule has 2 aromatic carbocycles. The van der Waals surface area contributed by atoms with Crippen LogP contribution >= 0.6 is 0 Å². The molecular weight excluding hydrogens is 420 g/mol. The van der Waals surface area contributed by atoms with Crippen molar-refractivity contribution in [2.75, 3.05) is 13.2 Å². The lowest BCUT2D eigenvalue weighted by molar-refractivity contribution is -0.118. The van der Waals surface area contributed by atoms with Crippen LogP contribution in [0.1, 0.15) is 48.5 Å². The normalized spacial score (nSPS) is 12.0. The Labute approximate surface area is 193 Å². The Balaban J connectivity index is 1.80. The van der Waals surface area contributed by atoms with E-state index in [1.54, 1.807) is 36.4 Å². The monoisotopic (exact) mass is 448 g/mol. The second-order valence-electron chi connectivity index (χ2n) is 7.16. The van der Waals surface area contributed by atoms with Gasteiger partial charge in [0, 0.05) is 11.6 Å². The Kier molecular flexibility index (Phi) is 8.30. The van der Waals surface area contributed by atoms with Crippen LogP contribution < -0.4 is 20.1 Å². The number of ether oxygens (including phenoxy) is 2. The molecule has 0 saturated heterocycles. The fourth-order valence-corrected chi connectivity index (χ4v) is 3.15. The maximum absolute atomic E-state index is 13.1. The van der Waals surface area contributed by atoms with Crippen LogP contribution in [0.5, 0.6) is 11.5 Å². The summed E-state index contributed by atoms with van der Waals surface area (Å²) in [5.41, 5.74) is 1.35. The van der Waals surface area contributed by atoms with Gasteiger partial charge in [0.1, 0.15) is 11.5 Å². The van der Waals surface area contributed by atoms with Crippen molar-refractivity contribution in [1.82, 2.24) is 10.6 Å². The molecule has 0 saturated carbocycles. The van der Waals surface area contributed by atoms with Gasteiger partial charge in [-0.2, -0.15) is 0 Å². The van der Waals surface area contributed by atoms with Crippen molar-refractivity contribution >= 4 is 17.9 Å². The van der Waals surface area contributed by atoms with E-state index in [1.165, 1.54) is 12.3 Å². The average Bonchev–Trinajstić information content (AvgIpc) is 3.33. The number of benzene rings is 2. The summed E-state index contributed by atoms with van der Waals surface area (Å²) in [5.74, 6) is 0.864. The predicted molar refractivity (Wildman–Crippen MR) is 126 cm³/mol. The van der Waals surface area contributed by atoms with E-state index in [2.05, 4.69) is 10.6 Å². The minimum Gasteiger partial charge on any atom is -0.490 e. The lowest BCUT2D eigenvalue weighted by Crippen LogP contribution is -2.36. The Morgan fingerprint density at radius 3 is 2.36 bits per heavy atom. The topological polar surface area (TPSA) is 89.8 Å². The third kappa shape index (κ3) is 6.49. The first kappa shape index (κ1) is 23.7. The van der Waals surface area contributed by atoms with Crippen LogP contribution in [0.2, 0.25) is 0 Å². The maximum Gasteiger partial charge on any atom is 0.268 e. The number of hydrogen-bond acceptors (Lipinski definition) is 5. The Hall–Kier alpha value is -4.00. The third-order valence-corrected chi connectivity index (χ3v) is 4.77. The molecule has 0 fully saturated rings. The van der Waals surface area contributed by atoms with E-state index in [1.807, 2.05) is 45.0 Å². The van der Waals surface area contributed by atoms with Gasteiger partial charge >= 0.3 is 0 Å². The summed E-state index contributed by atoms with van der Waals surface area (Å²) in [6, 6.07) is 17.3. The van der Waals surface area contributed by atoms with E-state index in [9.17, 15) is 9.59 Å². The number of nitrogens with one attached hydrogen (secondary N) is 2. The molecule has 3 aromatic rings. The van der Waals surface area contributed by atoms with Gasteiger partial charge in [0.25, 0.3) is 11.8 Å². The van der Waals surface area contributed by atoms with E-state index in [0.717, 1.165) is 5.56 Å². The molecule has 0 aliphatic rings. The smallest absolute Gasteiger partial charge is 0.268 e. The van der Waals surface area contributed by atoms with Crippen LogP contribution in [-0.4, -0.2) is 25.0 Å². The van der Waals surface area contributed by atoms with Gasteiger partial charge in [-0.3, -0.25) is 9.59 Å². The molecule has 3 rings (SSSR count). The number of hydrogen-bond donors (Lipinski definition) is 2. The van der Waals surface area contributed by atoms with E-state index in [-0.39, 0.29) is 11.7 Å². The third-order valence-electron chi connectivity index (χ3n) is 4.77. The van der Waals surface area contributed by atoms with Crippen molar-refractivity contribution in [2.45, 2.75) is 26.8 Å². The first-order valence-electron chi connectivity index (χ1n) is 10.8. The number of carbonyl (C=O) groups is 2. The van der Waals surface area contributed by atoms with Crippen molar-refractivity contribution in [1.29, 1.82) is 0 Å². The summed E-state index contributed by atoms with van der Waals surface area (Å²) in [7, 11) is 0. The maximum atomic E-state index is 13.1. The van der Waals surface area contributed by atoms with Crippen LogP contribution in [-0.2, 0) is 4.79 Å². The zero-order valence-corrected chi connectivity index (χ0v) is 19.0. The van der Waals surface area contributed by atoms with E-state index < -0.39 is 11.8 Å². The van der Waals surface area contributed by atoms with E-state index in [0.29, 0.717) is 36.0 Å². The van der Waals surface area contributed by atoms with Gasteiger partial charge in [-0.15, -0.1) is 0 Å². The van der Waals surface area contributed by atoms with Crippen LogP contribution in [0.3, 0.4) is 0 Å². The molecular formula is C26H28N2O5. The molecule has 0 bridgehead atoms. The van der Waals surface area contributed by atoms with Crippen LogP contribution in [0.25, 0.3) is 6.08 Å². The highest BCUT2D eigenvalue weighted by Crippen LogP contribution is 2.30. The van der Waals surface area contributed by atoms with E-state index in [4.69, 9.17) is 13.9 Å². The SMILES string of the molecule is CCOc1ccc(C(C)NC(=O)/C(=C/c2ccco2)NC(=O)c2ccccc2)cc1OCC. The lowest BCUT2D eigenvalue weighted by atomic mass is 10.1. The predicted octanol–water partition coefficient (Wildman–Crippen LogP) is 4.73. The Morgan fingerprint density at radius 1 is 0.970 bits per heavy atom. The molecule has 172 valence electrons. The van der Waals surface area contributed by atoms with Gasteiger partial charge in [0.05, 0.1) is 25.5 Å². The second kappa shape index (κ2) is 11.6. The molecule has 0 aliphatic carbocycles. The first-order valence-corrected chi connectivity index (χ1v) is 10.8. The zero-order valence-electron chi connectivity index (χ0n) is 19.0. The number of furan rings is 1.